The van der Waals surface area contributed by atoms with Crippen molar-refractivity contribution in [2.75, 3.05) is 17.2 Å². The third-order valence-electron chi connectivity index (χ3n) is 2.86. The van der Waals surface area contributed by atoms with Crippen LogP contribution in [0.5, 0.6) is 0 Å². The second kappa shape index (κ2) is 7.15. The summed E-state index contributed by atoms with van der Waals surface area (Å²) in [7, 11) is 0. The number of carbonyl (C=O) groups is 2. The molecule has 4 N–H and O–H groups in total. The number of amides is 2. The molecule has 0 atom stereocenters. The number of primary amides is 1. The molecule has 5 nitrogen and oxygen atoms in total. The van der Waals surface area contributed by atoms with E-state index < -0.39 is 5.91 Å². The van der Waals surface area contributed by atoms with Crippen LogP contribution in [0.15, 0.2) is 42.5 Å². The Labute approximate surface area is 137 Å². The molecule has 0 saturated carbocycles. The minimum Gasteiger partial charge on any atom is -0.375 e. The topological polar surface area (TPSA) is 84.2 Å². The van der Waals surface area contributed by atoms with Crippen molar-refractivity contribution in [1.29, 1.82) is 0 Å². The molecule has 22 heavy (non-hydrogen) atoms. The smallest absolute Gasteiger partial charge is 0.250 e. The van der Waals surface area contributed by atoms with Gasteiger partial charge in [0.05, 0.1) is 33.5 Å². The maximum absolute atomic E-state index is 12.0. The van der Waals surface area contributed by atoms with E-state index in [1.807, 2.05) is 0 Å². The Morgan fingerprint density at radius 3 is 2.41 bits per heavy atom. The predicted molar refractivity (Wildman–Crippen MR) is 88.5 cm³/mol. The van der Waals surface area contributed by atoms with E-state index in [0.29, 0.717) is 21.4 Å². The summed E-state index contributed by atoms with van der Waals surface area (Å²) >= 11 is 11.9. The van der Waals surface area contributed by atoms with E-state index in [1.165, 1.54) is 0 Å². The highest BCUT2D eigenvalue weighted by Gasteiger charge is 2.11. The average Bonchev–Trinajstić information content (AvgIpc) is 2.49. The van der Waals surface area contributed by atoms with Gasteiger partial charge in [0.25, 0.3) is 5.91 Å². The van der Waals surface area contributed by atoms with E-state index in [2.05, 4.69) is 10.6 Å². The molecule has 0 spiro atoms. The van der Waals surface area contributed by atoms with Gasteiger partial charge in [-0.2, -0.15) is 0 Å². The zero-order valence-corrected chi connectivity index (χ0v) is 12.9. The van der Waals surface area contributed by atoms with E-state index >= 15 is 0 Å². The lowest BCUT2D eigenvalue weighted by molar-refractivity contribution is -0.114. The first-order valence-electron chi connectivity index (χ1n) is 6.35. The molecule has 2 rings (SSSR count). The van der Waals surface area contributed by atoms with Crippen LogP contribution >= 0.6 is 23.2 Å². The van der Waals surface area contributed by atoms with E-state index in [-0.39, 0.29) is 18.0 Å². The van der Waals surface area contributed by atoms with E-state index in [0.717, 1.165) is 0 Å². The van der Waals surface area contributed by atoms with Gasteiger partial charge in [0.15, 0.2) is 0 Å². The summed E-state index contributed by atoms with van der Waals surface area (Å²) in [5, 5.41) is 6.23. The fourth-order valence-electron chi connectivity index (χ4n) is 1.82. The standard InChI is InChI=1S/C15H13Cl2N3O2/c16-10-5-3-7-12(14(10)17)19-8-13(21)20-11-6-2-1-4-9(11)15(18)22/h1-7,19H,8H2,(H2,18,22)(H,20,21). The van der Waals surface area contributed by atoms with E-state index in [4.69, 9.17) is 28.9 Å². The van der Waals surface area contributed by atoms with Crippen molar-refractivity contribution in [3.05, 3.63) is 58.1 Å². The summed E-state index contributed by atoms with van der Waals surface area (Å²) in [5.74, 6) is -0.952. The van der Waals surface area contributed by atoms with Crippen molar-refractivity contribution in [3.8, 4) is 0 Å². The average molecular weight is 338 g/mol. The van der Waals surface area contributed by atoms with Gasteiger partial charge in [0, 0.05) is 0 Å². The summed E-state index contributed by atoms with van der Waals surface area (Å²) in [5.41, 5.74) is 6.41. The fraction of sp³-hybridized carbons (Fsp3) is 0.0667. The molecular formula is C15H13Cl2N3O2. The molecule has 7 heteroatoms. The van der Waals surface area contributed by atoms with Gasteiger partial charge in [-0.15, -0.1) is 0 Å². The molecule has 0 unspecified atom stereocenters. The summed E-state index contributed by atoms with van der Waals surface area (Å²) < 4.78 is 0. The molecule has 0 saturated heterocycles. The molecule has 0 bridgehead atoms. The SMILES string of the molecule is NC(=O)c1ccccc1NC(=O)CNc1cccc(Cl)c1Cl. The van der Waals surface area contributed by atoms with Gasteiger partial charge in [0.2, 0.25) is 5.91 Å². The number of halogens is 2. The fourth-order valence-corrected chi connectivity index (χ4v) is 2.18. The predicted octanol–water partition coefficient (Wildman–Crippen LogP) is 3.14. The molecule has 0 fully saturated rings. The Bertz CT molecular complexity index is 720. The third kappa shape index (κ3) is 3.90. The second-order valence-corrected chi connectivity index (χ2v) is 5.20. The number of nitrogens with two attached hydrogens (primary N) is 1. The van der Waals surface area contributed by atoms with Gasteiger partial charge in [-0.3, -0.25) is 9.59 Å². The first-order valence-corrected chi connectivity index (χ1v) is 7.11. The molecule has 2 aromatic carbocycles. The number of anilines is 2. The van der Waals surface area contributed by atoms with Gasteiger partial charge >= 0.3 is 0 Å². The minimum absolute atomic E-state index is 0.0346. The van der Waals surface area contributed by atoms with Gasteiger partial charge < -0.3 is 16.4 Å². The molecule has 0 aliphatic heterocycles. The normalized spacial score (nSPS) is 10.1. The quantitative estimate of drug-likeness (QED) is 0.783. The zero-order chi connectivity index (χ0) is 16.1. The lowest BCUT2D eigenvalue weighted by Gasteiger charge is -2.11. The van der Waals surface area contributed by atoms with Gasteiger partial charge in [-0.05, 0) is 24.3 Å². The monoisotopic (exact) mass is 337 g/mol. The van der Waals surface area contributed by atoms with E-state index in [9.17, 15) is 9.59 Å². The van der Waals surface area contributed by atoms with Crippen LogP contribution in [0.25, 0.3) is 0 Å². The van der Waals surface area contributed by atoms with E-state index in [1.54, 1.807) is 42.5 Å². The van der Waals surface area contributed by atoms with Crippen LogP contribution in [0.3, 0.4) is 0 Å². The van der Waals surface area contributed by atoms with Crippen LogP contribution in [0.1, 0.15) is 10.4 Å². The highest BCUT2D eigenvalue weighted by Crippen LogP contribution is 2.29. The first kappa shape index (κ1) is 16.1. The highest BCUT2D eigenvalue weighted by atomic mass is 35.5. The molecule has 0 aliphatic rings. The second-order valence-electron chi connectivity index (χ2n) is 4.41. The van der Waals surface area contributed by atoms with Crippen LogP contribution in [0, 0.1) is 0 Å². The maximum atomic E-state index is 12.0. The Morgan fingerprint density at radius 1 is 1.00 bits per heavy atom. The van der Waals surface area contributed by atoms with Crippen LogP contribution < -0.4 is 16.4 Å². The minimum atomic E-state index is -0.609. The van der Waals surface area contributed by atoms with Crippen molar-refractivity contribution in [1.82, 2.24) is 0 Å². The number of nitrogens with one attached hydrogen (secondary N) is 2. The Morgan fingerprint density at radius 2 is 1.68 bits per heavy atom. The van der Waals surface area contributed by atoms with Gasteiger partial charge in [0.1, 0.15) is 0 Å². The largest absolute Gasteiger partial charge is 0.375 e. The molecule has 0 aromatic heterocycles. The van der Waals surface area contributed by atoms with Crippen molar-refractivity contribution < 1.29 is 9.59 Å². The zero-order valence-electron chi connectivity index (χ0n) is 11.4. The molecule has 0 heterocycles. The summed E-state index contributed by atoms with van der Waals surface area (Å²) in [6.45, 7) is -0.0346. The molecule has 114 valence electrons. The Hall–Kier alpha value is -2.24. The number of hydrogen-bond donors (Lipinski definition) is 3. The van der Waals surface area contributed by atoms with Crippen molar-refractivity contribution in [2.45, 2.75) is 0 Å². The molecule has 2 aromatic rings. The molecule has 0 radical (unpaired) electrons. The summed E-state index contributed by atoms with van der Waals surface area (Å²) in [6.07, 6.45) is 0. The number of para-hydroxylation sites is 1. The lowest BCUT2D eigenvalue weighted by atomic mass is 10.1. The van der Waals surface area contributed by atoms with Crippen LogP contribution in [0.2, 0.25) is 10.0 Å². The van der Waals surface area contributed by atoms with Crippen molar-refractivity contribution in [3.63, 3.8) is 0 Å². The number of carbonyl (C=O) groups excluding carboxylic acids is 2. The Kier molecular flexibility index (Phi) is 5.25. The molecule has 0 aliphatic carbocycles. The first-order chi connectivity index (χ1) is 10.5. The number of benzene rings is 2. The van der Waals surface area contributed by atoms with Crippen LogP contribution in [0.4, 0.5) is 11.4 Å². The van der Waals surface area contributed by atoms with Crippen molar-refractivity contribution >= 4 is 46.4 Å². The third-order valence-corrected chi connectivity index (χ3v) is 3.68. The maximum Gasteiger partial charge on any atom is 0.250 e. The number of rotatable bonds is 5. The van der Waals surface area contributed by atoms with Crippen molar-refractivity contribution in [2.24, 2.45) is 5.73 Å². The Balaban J connectivity index is 2.02. The number of hydrogen-bond acceptors (Lipinski definition) is 3. The lowest BCUT2D eigenvalue weighted by Crippen LogP contribution is -2.24. The summed E-state index contributed by atoms with van der Waals surface area (Å²) in [4.78, 5) is 23.2. The van der Waals surface area contributed by atoms with Crippen LogP contribution in [-0.2, 0) is 4.79 Å². The summed E-state index contributed by atoms with van der Waals surface area (Å²) in [6, 6.07) is 11.6. The van der Waals surface area contributed by atoms with Gasteiger partial charge in [-0.1, -0.05) is 41.4 Å². The molecular weight excluding hydrogens is 325 g/mol. The highest BCUT2D eigenvalue weighted by molar-refractivity contribution is 6.43. The van der Waals surface area contributed by atoms with Gasteiger partial charge in [-0.25, -0.2) is 0 Å². The van der Waals surface area contributed by atoms with Crippen LogP contribution in [-0.4, -0.2) is 18.4 Å². The molecule has 2 amide bonds.